The molecule has 0 radical (unpaired) electrons. The van der Waals surface area contributed by atoms with Gasteiger partial charge < -0.3 is 4.74 Å². The Morgan fingerprint density at radius 1 is 1.39 bits per heavy atom. The number of rotatable bonds is 4. The smallest absolute Gasteiger partial charge is 0.387 e. The molecule has 0 saturated heterocycles. The number of hydrogen-bond donors (Lipinski definition) is 1. The van der Waals surface area contributed by atoms with Crippen molar-refractivity contribution in [3.63, 3.8) is 0 Å². The lowest BCUT2D eigenvalue weighted by Gasteiger charge is -2.10. The molecule has 0 aliphatic carbocycles. The fourth-order valence-corrected chi connectivity index (χ4v) is 1.31. The molecule has 0 saturated carbocycles. The van der Waals surface area contributed by atoms with Crippen LogP contribution in [0.4, 0.5) is 14.5 Å². The predicted octanol–water partition coefficient (Wildman–Crippen LogP) is 2.87. The van der Waals surface area contributed by atoms with E-state index >= 15 is 0 Å². The molecule has 0 amide bonds. The molecule has 0 heterocycles. The quantitative estimate of drug-likeness (QED) is 0.684. The Morgan fingerprint density at radius 2 is 2.06 bits per heavy atom. The van der Waals surface area contributed by atoms with Crippen LogP contribution in [0.1, 0.15) is 0 Å². The number of halogens is 3. The van der Waals surface area contributed by atoms with E-state index in [1.807, 2.05) is 0 Å². The second-order valence-electron chi connectivity index (χ2n) is 2.81. The van der Waals surface area contributed by atoms with E-state index in [0.29, 0.717) is 4.47 Å². The third-order valence-corrected chi connectivity index (χ3v) is 2.15. The first-order valence-corrected chi connectivity index (χ1v) is 5.24. The zero-order valence-electron chi connectivity index (χ0n) is 8.69. The molecule has 0 atom stereocenters. The van der Waals surface area contributed by atoms with E-state index in [4.69, 9.17) is 10.5 Å². The standard InChI is InChI=1S/C10H5BrF2N4O/c11-6-1-2-8(9(3-6)18-10(12)13)17-16-7(4-14)5-15/h1-3,10,17H. The molecular weight excluding hydrogens is 310 g/mol. The second-order valence-corrected chi connectivity index (χ2v) is 3.73. The number of benzene rings is 1. The molecular formula is C10H5BrF2N4O. The lowest BCUT2D eigenvalue weighted by atomic mass is 10.3. The van der Waals surface area contributed by atoms with E-state index in [2.05, 4.69) is 31.2 Å². The summed E-state index contributed by atoms with van der Waals surface area (Å²) >= 11 is 3.10. The normalized spacial score (nSPS) is 9.22. The summed E-state index contributed by atoms with van der Waals surface area (Å²) in [4.78, 5) is 0. The van der Waals surface area contributed by atoms with Crippen molar-refractivity contribution in [1.29, 1.82) is 10.5 Å². The zero-order chi connectivity index (χ0) is 13.5. The van der Waals surface area contributed by atoms with Crippen LogP contribution in [-0.2, 0) is 0 Å². The predicted molar refractivity (Wildman–Crippen MR) is 63.1 cm³/mol. The minimum atomic E-state index is -2.99. The van der Waals surface area contributed by atoms with Gasteiger partial charge in [0.15, 0.2) is 5.75 Å². The molecule has 0 aliphatic heterocycles. The summed E-state index contributed by atoms with van der Waals surface area (Å²) in [6, 6.07) is 7.33. The first kappa shape index (κ1) is 13.9. The van der Waals surface area contributed by atoms with Gasteiger partial charge in [0.05, 0.1) is 5.69 Å². The van der Waals surface area contributed by atoms with E-state index in [1.165, 1.54) is 24.3 Å². The fraction of sp³-hybridized carbons (Fsp3) is 0.100. The molecule has 1 aromatic carbocycles. The van der Waals surface area contributed by atoms with Gasteiger partial charge >= 0.3 is 6.61 Å². The summed E-state index contributed by atoms with van der Waals surface area (Å²) in [6.07, 6.45) is 0. The van der Waals surface area contributed by atoms with Crippen LogP contribution in [0.3, 0.4) is 0 Å². The highest BCUT2D eigenvalue weighted by Gasteiger charge is 2.10. The van der Waals surface area contributed by atoms with Crippen molar-refractivity contribution >= 4 is 27.3 Å². The summed E-state index contributed by atoms with van der Waals surface area (Å²) < 4.78 is 29.1. The van der Waals surface area contributed by atoms with Crippen molar-refractivity contribution in [2.24, 2.45) is 5.10 Å². The van der Waals surface area contributed by atoms with Crippen LogP contribution in [0.15, 0.2) is 27.8 Å². The highest BCUT2D eigenvalue weighted by molar-refractivity contribution is 9.10. The number of nitrogens with zero attached hydrogens (tertiary/aromatic N) is 3. The number of nitriles is 2. The van der Waals surface area contributed by atoms with Crippen LogP contribution in [0.25, 0.3) is 0 Å². The monoisotopic (exact) mass is 314 g/mol. The van der Waals surface area contributed by atoms with Gasteiger partial charge in [-0.2, -0.15) is 24.4 Å². The van der Waals surface area contributed by atoms with Gasteiger partial charge in [-0.1, -0.05) is 15.9 Å². The van der Waals surface area contributed by atoms with Crippen molar-refractivity contribution < 1.29 is 13.5 Å². The fourth-order valence-electron chi connectivity index (χ4n) is 0.973. The Bertz CT molecular complexity index is 532. The van der Waals surface area contributed by atoms with Crippen molar-refractivity contribution in [1.82, 2.24) is 0 Å². The number of ether oxygens (including phenoxy) is 1. The van der Waals surface area contributed by atoms with Crippen LogP contribution >= 0.6 is 15.9 Å². The Morgan fingerprint density at radius 3 is 2.61 bits per heavy atom. The lowest BCUT2D eigenvalue weighted by molar-refractivity contribution is -0.0494. The van der Waals surface area contributed by atoms with Gasteiger partial charge in [0.1, 0.15) is 12.1 Å². The third-order valence-electron chi connectivity index (χ3n) is 1.66. The number of anilines is 1. The van der Waals surface area contributed by atoms with Crippen molar-refractivity contribution in [3.8, 4) is 17.9 Å². The largest absolute Gasteiger partial charge is 0.433 e. The van der Waals surface area contributed by atoms with Gasteiger partial charge in [-0.25, -0.2) is 0 Å². The molecule has 0 aromatic heterocycles. The van der Waals surface area contributed by atoms with Crippen LogP contribution in [0, 0.1) is 22.7 Å². The average molecular weight is 315 g/mol. The van der Waals surface area contributed by atoms with Gasteiger partial charge in [-0.05, 0) is 18.2 Å². The van der Waals surface area contributed by atoms with Gasteiger partial charge in [0, 0.05) is 4.47 Å². The molecule has 5 nitrogen and oxygen atoms in total. The molecule has 0 unspecified atom stereocenters. The first-order valence-electron chi connectivity index (χ1n) is 4.45. The Kier molecular flexibility index (Phi) is 5.03. The Hall–Kier alpha value is -2.19. The van der Waals surface area contributed by atoms with E-state index < -0.39 is 12.3 Å². The maximum Gasteiger partial charge on any atom is 0.387 e. The summed E-state index contributed by atoms with van der Waals surface area (Å²) in [5.74, 6) is -0.154. The summed E-state index contributed by atoms with van der Waals surface area (Å²) in [5, 5.41) is 20.4. The van der Waals surface area contributed by atoms with E-state index in [0.717, 1.165) is 0 Å². The molecule has 92 valence electrons. The van der Waals surface area contributed by atoms with E-state index in [1.54, 1.807) is 6.07 Å². The molecule has 0 spiro atoms. The highest BCUT2D eigenvalue weighted by Crippen LogP contribution is 2.29. The van der Waals surface area contributed by atoms with Crippen molar-refractivity contribution in [2.45, 2.75) is 6.61 Å². The third kappa shape index (κ3) is 4.00. The van der Waals surface area contributed by atoms with Crippen LogP contribution < -0.4 is 10.2 Å². The minimum Gasteiger partial charge on any atom is -0.433 e. The van der Waals surface area contributed by atoms with E-state index in [-0.39, 0.29) is 11.4 Å². The molecule has 0 bridgehead atoms. The maximum atomic E-state index is 12.2. The Labute approximate surface area is 109 Å². The number of alkyl halides is 2. The number of hydrogen-bond acceptors (Lipinski definition) is 5. The van der Waals surface area contributed by atoms with Crippen LogP contribution in [-0.4, -0.2) is 12.3 Å². The summed E-state index contributed by atoms with van der Waals surface area (Å²) in [7, 11) is 0. The second kappa shape index (κ2) is 6.52. The molecule has 0 fully saturated rings. The summed E-state index contributed by atoms with van der Waals surface area (Å²) in [6.45, 7) is -2.99. The number of hydrazone groups is 1. The van der Waals surface area contributed by atoms with Crippen LogP contribution in [0.5, 0.6) is 5.75 Å². The molecule has 18 heavy (non-hydrogen) atoms. The SMILES string of the molecule is N#CC(C#N)=NNc1ccc(Br)cc1OC(F)F. The molecule has 1 N–H and O–H groups in total. The van der Waals surface area contributed by atoms with Crippen LogP contribution in [0.2, 0.25) is 0 Å². The van der Waals surface area contributed by atoms with Crippen molar-refractivity contribution in [2.75, 3.05) is 5.43 Å². The Balaban J connectivity index is 2.99. The average Bonchev–Trinajstić information content (AvgIpc) is 2.32. The maximum absolute atomic E-state index is 12.2. The highest BCUT2D eigenvalue weighted by atomic mass is 79.9. The molecule has 0 aliphatic rings. The molecule has 1 rings (SSSR count). The zero-order valence-corrected chi connectivity index (χ0v) is 10.3. The van der Waals surface area contributed by atoms with Gasteiger partial charge in [-0.15, -0.1) is 0 Å². The number of nitrogens with one attached hydrogen (secondary N) is 1. The van der Waals surface area contributed by atoms with Gasteiger partial charge in [0.2, 0.25) is 5.71 Å². The van der Waals surface area contributed by atoms with Crippen molar-refractivity contribution in [3.05, 3.63) is 22.7 Å². The molecule has 8 heteroatoms. The lowest BCUT2D eigenvalue weighted by Crippen LogP contribution is -2.05. The topological polar surface area (TPSA) is 81.2 Å². The first-order chi connectivity index (χ1) is 8.56. The molecule has 1 aromatic rings. The minimum absolute atomic E-state index is 0.113. The van der Waals surface area contributed by atoms with E-state index in [9.17, 15) is 8.78 Å². The van der Waals surface area contributed by atoms with Gasteiger partial charge in [-0.3, -0.25) is 5.43 Å². The van der Waals surface area contributed by atoms with Gasteiger partial charge in [0.25, 0.3) is 0 Å². The summed E-state index contributed by atoms with van der Waals surface area (Å²) in [5.41, 5.74) is 1.99.